The zero-order valence-electron chi connectivity index (χ0n) is 8.89. The number of nitrogens with two attached hydrogens (primary N) is 1. The van der Waals surface area contributed by atoms with E-state index in [0.29, 0.717) is 0 Å². The predicted octanol–water partition coefficient (Wildman–Crippen LogP) is 3.08. The van der Waals surface area contributed by atoms with Crippen molar-refractivity contribution in [3.8, 4) is 0 Å². The molecule has 2 fully saturated rings. The molecule has 2 aliphatic carbocycles. The lowest BCUT2D eigenvalue weighted by atomic mass is 9.68. The first-order chi connectivity index (χ1) is 6.18. The van der Waals surface area contributed by atoms with E-state index in [1.807, 2.05) is 0 Å². The monoisotopic (exact) mass is 181 g/mol. The average molecular weight is 181 g/mol. The van der Waals surface area contributed by atoms with Gasteiger partial charge in [0, 0.05) is 5.54 Å². The third-order valence-corrected chi connectivity index (χ3v) is 4.05. The van der Waals surface area contributed by atoms with Gasteiger partial charge in [-0.15, -0.1) is 0 Å². The maximum atomic E-state index is 6.46. The van der Waals surface area contributed by atoms with Crippen LogP contribution in [0.3, 0.4) is 0 Å². The molecule has 0 heterocycles. The summed E-state index contributed by atoms with van der Waals surface area (Å²) >= 11 is 0. The van der Waals surface area contributed by atoms with E-state index < -0.39 is 0 Å². The van der Waals surface area contributed by atoms with Crippen LogP contribution in [0.25, 0.3) is 0 Å². The van der Waals surface area contributed by atoms with E-state index in [4.69, 9.17) is 5.73 Å². The minimum atomic E-state index is 0.225. The highest BCUT2D eigenvalue weighted by Gasteiger charge is 2.34. The summed E-state index contributed by atoms with van der Waals surface area (Å²) in [6.45, 7) is 2.36. The Kier molecular flexibility index (Phi) is 2.64. The molecule has 0 radical (unpaired) electrons. The van der Waals surface area contributed by atoms with Gasteiger partial charge in [0.1, 0.15) is 0 Å². The van der Waals surface area contributed by atoms with Gasteiger partial charge in [0.25, 0.3) is 0 Å². The molecule has 2 N–H and O–H groups in total. The van der Waals surface area contributed by atoms with E-state index in [0.717, 1.165) is 11.8 Å². The molecular formula is C12H23N. The molecule has 1 nitrogen and oxygen atoms in total. The van der Waals surface area contributed by atoms with Crippen LogP contribution in [0.2, 0.25) is 0 Å². The molecule has 2 aliphatic rings. The van der Waals surface area contributed by atoms with Crippen molar-refractivity contribution in [2.45, 2.75) is 63.8 Å². The molecule has 2 unspecified atom stereocenters. The van der Waals surface area contributed by atoms with E-state index in [1.54, 1.807) is 0 Å². The molecule has 0 aliphatic heterocycles. The minimum absolute atomic E-state index is 0.225. The van der Waals surface area contributed by atoms with Crippen LogP contribution in [-0.2, 0) is 0 Å². The third-order valence-electron chi connectivity index (χ3n) is 4.05. The second-order valence-electron chi connectivity index (χ2n) is 5.56. The molecule has 0 aromatic rings. The molecule has 2 rings (SSSR count). The van der Waals surface area contributed by atoms with Gasteiger partial charge in [-0.2, -0.15) is 0 Å². The Morgan fingerprint density at radius 3 is 2.54 bits per heavy atom. The van der Waals surface area contributed by atoms with Crippen LogP contribution < -0.4 is 5.73 Å². The normalized spacial score (nSPS) is 41.5. The Morgan fingerprint density at radius 2 is 2.00 bits per heavy atom. The fraction of sp³-hybridized carbons (Fsp3) is 1.00. The Bertz CT molecular complexity index is 174. The van der Waals surface area contributed by atoms with Crippen molar-refractivity contribution in [2.75, 3.05) is 0 Å². The van der Waals surface area contributed by atoms with Crippen molar-refractivity contribution in [3.63, 3.8) is 0 Å². The van der Waals surface area contributed by atoms with E-state index in [-0.39, 0.29) is 5.54 Å². The van der Waals surface area contributed by atoms with Crippen LogP contribution in [0.4, 0.5) is 0 Å². The van der Waals surface area contributed by atoms with Crippen LogP contribution >= 0.6 is 0 Å². The summed E-state index contributed by atoms with van der Waals surface area (Å²) in [4.78, 5) is 0. The van der Waals surface area contributed by atoms with E-state index in [2.05, 4.69) is 6.92 Å². The van der Waals surface area contributed by atoms with Crippen LogP contribution in [0, 0.1) is 11.8 Å². The smallest absolute Gasteiger partial charge is 0.0159 e. The van der Waals surface area contributed by atoms with Crippen LogP contribution in [-0.4, -0.2) is 5.54 Å². The Hall–Kier alpha value is -0.0400. The highest BCUT2D eigenvalue weighted by molar-refractivity contribution is 4.92. The van der Waals surface area contributed by atoms with E-state index in [9.17, 15) is 0 Å². The highest BCUT2D eigenvalue weighted by atomic mass is 14.7. The number of rotatable bonds is 2. The van der Waals surface area contributed by atoms with E-state index in [1.165, 1.54) is 51.4 Å². The second kappa shape index (κ2) is 3.61. The zero-order chi connectivity index (χ0) is 9.31. The van der Waals surface area contributed by atoms with Gasteiger partial charge in [-0.25, -0.2) is 0 Å². The average Bonchev–Trinajstić information content (AvgIpc) is 1.97. The summed E-state index contributed by atoms with van der Waals surface area (Å²) < 4.78 is 0. The maximum absolute atomic E-state index is 6.46. The third kappa shape index (κ3) is 2.25. The molecule has 2 atom stereocenters. The van der Waals surface area contributed by atoms with Gasteiger partial charge in [0.15, 0.2) is 0 Å². The molecule has 0 bridgehead atoms. The Balaban J connectivity index is 1.85. The maximum Gasteiger partial charge on any atom is 0.0159 e. The summed E-state index contributed by atoms with van der Waals surface area (Å²) in [7, 11) is 0. The lowest BCUT2D eigenvalue weighted by Gasteiger charge is -2.41. The molecule has 2 saturated carbocycles. The van der Waals surface area contributed by atoms with Gasteiger partial charge in [-0.3, -0.25) is 0 Å². The molecule has 1 heteroatoms. The lowest BCUT2D eigenvalue weighted by molar-refractivity contribution is 0.159. The first-order valence-corrected chi connectivity index (χ1v) is 5.97. The van der Waals surface area contributed by atoms with Gasteiger partial charge in [0.2, 0.25) is 0 Å². The van der Waals surface area contributed by atoms with Crippen molar-refractivity contribution in [1.82, 2.24) is 0 Å². The van der Waals surface area contributed by atoms with Gasteiger partial charge in [-0.05, 0) is 31.1 Å². The quantitative estimate of drug-likeness (QED) is 0.696. The predicted molar refractivity (Wildman–Crippen MR) is 56.5 cm³/mol. The summed E-state index contributed by atoms with van der Waals surface area (Å²) in [5, 5.41) is 0. The Morgan fingerprint density at radius 1 is 1.23 bits per heavy atom. The fourth-order valence-electron chi connectivity index (χ4n) is 3.16. The highest BCUT2D eigenvalue weighted by Crippen LogP contribution is 2.40. The van der Waals surface area contributed by atoms with Gasteiger partial charge in [0.05, 0.1) is 0 Å². The van der Waals surface area contributed by atoms with Gasteiger partial charge >= 0.3 is 0 Å². The molecule has 13 heavy (non-hydrogen) atoms. The van der Waals surface area contributed by atoms with Crippen LogP contribution in [0.15, 0.2) is 0 Å². The molecule has 0 amide bonds. The van der Waals surface area contributed by atoms with Crippen LogP contribution in [0.1, 0.15) is 58.3 Å². The second-order valence-corrected chi connectivity index (χ2v) is 5.56. The molecule has 0 saturated heterocycles. The first-order valence-electron chi connectivity index (χ1n) is 5.97. The van der Waals surface area contributed by atoms with E-state index >= 15 is 0 Å². The zero-order valence-corrected chi connectivity index (χ0v) is 8.89. The van der Waals surface area contributed by atoms with Crippen LogP contribution in [0.5, 0.6) is 0 Å². The standard InChI is InChI=1S/C12H23N/c1-10-4-3-7-12(13,8-10)9-11-5-2-6-11/h10-11H,2-9,13H2,1H3. The molecule has 0 spiro atoms. The largest absolute Gasteiger partial charge is 0.325 e. The van der Waals surface area contributed by atoms with Gasteiger partial charge < -0.3 is 5.73 Å². The first kappa shape index (κ1) is 9.51. The number of hydrogen-bond donors (Lipinski definition) is 1. The summed E-state index contributed by atoms with van der Waals surface area (Å²) in [6.07, 6.45) is 11.0. The molecule has 76 valence electrons. The molecule has 0 aromatic heterocycles. The van der Waals surface area contributed by atoms with Crippen molar-refractivity contribution < 1.29 is 0 Å². The summed E-state index contributed by atoms with van der Waals surface area (Å²) in [6, 6.07) is 0. The summed E-state index contributed by atoms with van der Waals surface area (Å²) in [5.41, 5.74) is 6.68. The SMILES string of the molecule is CC1CCCC(N)(CC2CCC2)C1. The van der Waals surface area contributed by atoms with Crippen molar-refractivity contribution >= 4 is 0 Å². The minimum Gasteiger partial charge on any atom is -0.325 e. The lowest BCUT2D eigenvalue weighted by Crippen LogP contribution is -2.46. The van der Waals surface area contributed by atoms with Crippen molar-refractivity contribution in [2.24, 2.45) is 17.6 Å². The molecule has 0 aromatic carbocycles. The van der Waals surface area contributed by atoms with Gasteiger partial charge in [-0.1, -0.05) is 39.0 Å². The topological polar surface area (TPSA) is 26.0 Å². The molecular weight excluding hydrogens is 158 g/mol. The Labute approximate surface area is 82.1 Å². The van der Waals surface area contributed by atoms with Crippen molar-refractivity contribution in [3.05, 3.63) is 0 Å². The number of hydrogen-bond acceptors (Lipinski definition) is 1. The van der Waals surface area contributed by atoms with Crippen molar-refractivity contribution in [1.29, 1.82) is 0 Å². The fourth-order valence-corrected chi connectivity index (χ4v) is 3.16. The summed E-state index contributed by atoms with van der Waals surface area (Å²) in [5.74, 6) is 1.86.